The predicted octanol–water partition coefficient (Wildman–Crippen LogP) is 1.96. The fraction of sp³-hybridized carbons (Fsp3) is 0.722. The molecule has 0 fully saturated rings. The fourth-order valence-corrected chi connectivity index (χ4v) is 2.48. The zero-order valence-corrected chi connectivity index (χ0v) is 17.4. The molecule has 1 aromatic heterocycles. The van der Waals surface area contributed by atoms with Gasteiger partial charge in [-0.25, -0.2) is 4.79 Å². The van der Waals surface area contributed by atoms with Crippen LogP contribution < -0.4 is 10.6 Å². The van der Waals surface area contributed by atoms with Crippen LogP contribution in [0.2, 0.25) is 0 Å². The molecule has 2 N–H and O–H groups in total. The van der Waals surface area contributed by atoms with Crippen LogP contribution in [0.25, 0.3) is 0 Å². The Labute approximate surface area is 157 Å². The summed E-state index contributed by atoms with van der Waals surface area (Å²) in [5, 5.41) is 10.9. The minimum Gasteiger partial charge on any atom is -0.444 e. The van der Waals surface area contributed by atoms with Crippen LogP contribution in [0.1, 0.15) is 44.6 Å². The van der Waals surface area contributed by atoms with Gasteiger partial charge in [0.1, 0.15) is 5.60 Å². The van der Waals surface area contributed by atoms with Gasteiger partial charge in [-0.15, -0.1) is 0 Å². The molecule has 0 atom stereocenters. The highest BCUT2D eigenvalue weighted by atomic mass is 16.6. The minimum absolute atomic E-state index is 0.300. The van der Waals surface area contributed by atoms with Crippen molar-refractivity contribution >= 4 is 12.1 Å². The van der Waals surface area contributed by atoms with Gasteiger partial charge in [-0.2, -0.15) is 5.10 Å². The molecule has 0 saturated heterocycles. The summed E-state index contributed by atoms with van der Waals surface area (Å²) < 4.78 is 7.29. The minimum atomic E-state index is -0.491. The standard InChI is InChI=1S/C18H34N6O2/c1-9-24(17(25)26-18(4,5)6)11-10-20-16(19-7)21-12-15-13(2)22-23(8)14(15)3/h9-12H2,1-8H3,(H2,19,20,21). The Morgan fingerprint density at radius 3 is 2.42 bits per heavy atom. The second-order valence-electron chi connectivity index (χ2n) is 7.19. The molecular weight excluding hydrogens is 332 g/mol. The van der Waals surface area contributed by atoms with Crippen molar-refractivity contribution in [1.82, 2.24) is 25.3 Å². The number of guanidine groups is 1. The highest BCUT2D eigenvalue weighted by Crippen LogP contribution is 2.11. The maximum absolute atomic E-state index is 12.1. The monoisotopic (exact) mass is 366 g/mol. The van der Waals surface area contributed by atoms with E-state index in [0.717, 1.165) is 11.4 Å². The molecule has 148 valence electrons. The molecule has 0 bridgehead atoms. The van der Waals surface area contributed by atoms with Crippen molar-refractivity contribution in [3.05, 3.63) is 17.0 Å². The van der Waals surface area contributed by atoms with Crippen LogP contribution in [0, 0.1) is 13.8 Å². The van der Waals surface area contributed by atoms with Crippen LogP contribution in [-0.2, 0) is 18.3 Å². The highest BCUT2D eigenvalue weighted by Gasteiger charge is 2.20. The van der Waals surface area contributed by atoms with E-state index in [1.165, 1.54) is 5.56 Å². The van der Waals surface area contributed by atoms with Crippen molar-refractivity contribution in [3.8, 4) is 0 Å². The van der Waals surface area contributed by atoms with E-state index in [-0.39, 0.29) is 6.09 Å². The summed E-state index contributed by atoms with van der Waals surface area (Å²) in [6.07, 6.45) is -0.300. The fourth-order valence-electron chi connectivity index (χ4n) is 2.48. The lowest BCUT2D eigenvalue weighted by Gasteiger charge is -2.26. The first-order valence-corrected chi connectivity index (χ1v) is 9.00. The van der Waals surface area contributed by atoms with Crippen LogP contribution in [0.4, 0.5) is 4.79 Å². The Kier molecular flexibility index (Phi) is 7.92. The summed E-state index contributed by atoms with van der Waals surface area (Å²) in [6.45, 7) is 13.9. The smallest absolute Gasteiger partial charge is 0.410 e. The van der Waals surface area contributed by atoms with E-state index in [0.29, 0.717) is 32.1 Å². The van der Waals surface area contributed by atoms with Gasteiger partial charge in [0.05, 0.1) is 5.69 Å². The Hall–Kier alpha value is -2.25. The number of carbonyl (C=O) groups excluding carboxylic acids is 1. The van der Waals surface area contributed by atoms with Crippen LogP contribution in [0.15, 0.2) is 4.99 Å². The Bertz CT molecular complexity index is 630. The highest BCUT2D eigenvalue weighted by molar-refractivity contribution is 5.79. The summed E-state index contributed by atoms with van der Waals surface area (Å²) in [4.78, 5) is 18.0. The van der Waals surface area contributed by atoms with E-state index >= 15 is 0 Å². The third-order valence-corrected chi connectivity index (χ3v) is 4.02. The molecule has 0 saturated carbocycles. The largest absolute Gasteiger partial charge is 0.444 e. The molecule has 0 aromatic carbocycles. The SMILES string of the molecule is CCN(CCNC(=NC)NCc1c(C)nn(C)c1C)C(=O)OC(C)(C)C. The number of nitrogens with one attached hydrogen (secondary N) is 2. The Balaban J connectivity index is 2.50. The molecule has 0 aliphatic rings. The Morgan fingerprint density at radius 1 is 1.31 bits per heavy atom. The maximum atomic E-state index is 12.1. The number of likely N-dealkylation sites (N-methyl/N-ethyl adjacent to an activating group) is 1. The normalized spacial score (nSPS) is 12.1. The molecule has 26 heavy (non-hydrogen) atoms. The van der Waals surface area contributed by atoms with Gasteiger partial charge in [0.2, 0.25) is 0 Å². The molecular formula is C18H34N6O2. The van der Waals surface area contributed by atoms with Gasteiger partial charge in [-0.1, -0.05) is 0 Å². The number of hydrogen-bond acceptors (Lipinski definition) is 4. The lowest BCUT2D eigenvalue weighted by Crippen LogP contribution is -2.44. The van der Waals surface area contributed by atoms with Gasteiger partial charge in [0.15, 0.2) is 5.96 Å². The van der Waals surface area contributed by atoms with Gasteiger partial charge in [-0.05, 0) is 41.5 Å². The average molecular weight is 367 g/mol. The van der Waals surface area contributed by atoms with Gasteiger partial charge < -0.3 is 20.3 Å². The molecule has 0 aliphatic heterocycles. The molecule has 1 rings (SSSR count). The molecule has 8 nitrogen and oxygen atoms in total. The summed E-state index contributed by atoms with van der Waals surface area (Å²) in [5.74, 6) is 0.688. The van der Waals surface area contributed by atoms with Gasteiger partial charge >= 0.3 is 6.09 Å². The van der Waals surface area contributed by atoms with E-state index in [1.54, 1.807) is 11.9 Å². The lowest BCUT2D eigenvalue weighted by atomic mass is 10.2. The first-order chi connectivity index (χ1) is 12.1. The molecule has 1 aromatic rings. The number of ether oxygens (including phenoxy) is 1. The van der Waals surface area contributed by atoms with E-state index in [1.807, 2.05) is 53.3 Å². The van der Waals surface area contributed by atoms with E-state index in [9.17, 15) is 4.79 Å². The first-order valence-electron chi connectivity index (χ1n) is 9.00. The topological polar surface area (TPSA) is 83.8 Å². The molecule has 0 unspecified atom stereocenters. The number of carbonyl (C=O) groups is 1. The quantitative estimate of drug-likeness (QED) is 0.594. The summed E-state index contributed by atoms with van der Waals surface area (Å²) in [7, 11) is 3.67. The molecule has 1 amide bonds. The average Bonchev–Trinajstić information content (AvgIpc) is 2.78. The number of rotatable bonds is 6. The third kappa shape index (κ3) is 6.57. The summed E-state index contributed by atoms with van der Waals surface area (Å²) in [5.41, 5.74) is 2.82. The van der Waals surface area contributed by atoms with Crippen LogP contribution in [0.5, 0.6) is 0 Å². The van der Waals surface area contributed by atoms with Crippen molar-refractivity contribution in [2.75, 3.05) is 26.7 Å². The zero-order chi connectivity index (χ0) is 19.9. The second-order valence-corrected chi connectivity index (χ2v) is 7.19. The van der Waals surface area contributed by atoms with E-state index in [2.05, 4.69) is 20.7 Å². The van der Waals surface area contributed by atoms with Gasteiger partial charge in [0.25, 0.3) is 0 Å². The number of hydrogen-bond donors (Lipinski definition) is 2. The van der Waals surface area contributed by atoms with E-state index < -0.39 is 5.60 Å². The molecule has 0 spiro atoms. The zero-order valence-electron chi connectivity index (χ0n) is 17.4. The van der Waals surface area contributed by atoms with Gasteiger partial charge in [-0.3, -0.25) is 9.67 Å². The van der Waals surface area contributed by atoms with Crippen LogP contribution in [0.3, 0.4) is 0 Å². The van der Waals surface area contributed by atoms with Crippen molar-refractivity contribution in [1.29, 1.82) is 0 Å². The third-order valence-electron chi connectivity index (χ3n) is 4.02. The van der Waals surface area contributed by atoms with Crippen molar-refractivity contribution in [2.24, 2.45) is 12.0 Å². The predicted molar refractivity (Wildman–Crippen MR) is 104 cm³/mol. The Morgan fingerprint density at radius 2 is 1.96 bits per heavy atom. The number of amides is 1. The molecule has 0 aliphatic carbocycles. The van der Waals surface area contributed by atoms with Crippen LogP contribution >= 0.6 is 0 Å². The molecule has 8 heteroatoms. The molecule has 1 heterocycles. The number of nitrogens with zero attached hydrogens (tertiary/aromatic N) is 4. The summed E-state index contributed by atoms with van der Waals surface area (Å²) in [6, 6.07) is 0. The summed E-state index contributed by atoms with van der Waals surface area (Å²) >= 11 is 0. The van der Waals surface area contributed by atoms with E-state index in [4.69, 9.17) is 4.74 Å². The second kappa shape index (κ2) is 9.45. The molecule has 0 radical (unpaired) electrons. The van der Waals surface area contributed by atoms with Crippen LogP contribution in [-0.4, -0.2) is 59.0 Å². The first kappa shape index (κ1) is 21.8. The van der Waals surface area contributed by atoms with Gasteiger partial charge in [0, 0.05) is 51.5 Å². The van der Waals surface area contributed by atoms with Crippen molar-refractivity contribution in [2.45, 2.75) is 53.7 Å². The number of aliphatic imine (C=N–C) groups is 1. The number of aryl methyl sites for hydroxylation is 2. The lowest BCUT2D eigenvalue weighted by molar-refractivity contribution is 0.0264. The van der Waals surface area contributed by atoms with Crippen molar-refractivity contribution in [3.63, 3.8) is 0 Å². The number of aromatic nitrogens is 2. The maximum Gasteiger partial charge on any atom is 0.410 e. The van der Waals surface area contributed by atoms with Crippen molar-refractivity contribution < 1.29 is 9.53 Å².